The van der Waals surface area contributed by atoms with Crippen LogP contribution in [0.2, 0.25) is 0 Å². The van der Waals surface area contributed by atoms with E-state index in [9.17, 15) is 9.59 Å². The van der Waals surface area contributed by atoms with E-state index in [0.717, 1.165) is 5.56 Å². The minimum Gasteiger partial charge on any atom is -0.490 e. The van der Waals surface area contributed by atoms with E-state index in [1.54, 1.807) is 24.3 Å². The molecule has 0 saturated carbocycles. The van der Waals surface area contributed by atoms with E-state index in [1.165, 1.54) is 0 Å². The van der Waals surface area contributed by atoms with E-state index >= 15 is 0 Å². The van der Waals surface area contributed by atoms with Gasteiger partial charge in [0.1, 0.15) is 18.4 Å². The number of ether oxygens (including phenoxy) is 2. The number of nitrogens with two attached hydrogens (primary N) is 1. The van der Waals surface area contributed by atoms with Gasteiger partial charge in [0.2, 0.25) is 0 Å². The molecule has 0 spiro atoms. The third kappa shape index (κ3) is 3.86. The number of hydrogen-bond acceptors (Lipinski definition) is 5. The molecule has 4 N–H and O–H groups in total. The van der Waals surface area contributed by atoms with Crippen LogP contribution in [0.25, 0.3) is 0 Å². The zero-order valence-electron chi connectivity index (χ0n) is 10.7. The summed E-state index contributed by atoms with van der Waals surface area (Å²) < 4.78 is 10.4. The van der Waals surface area contributed by atoms with Crippen molar-refractivity contribution in [2.75, 3.05) is 13.2 Å². The number of alkyl carbamates (subject to hydrolysis) is 1. The topological polar surface area (TPSA) is 111 Å². The molecule has 1 heterocycles. The number of cyclic esters (lactones) is 1. The number of carboxylic acid groups (broad SMARTS) is 1. The molecule has 1 saturated heterocycles. The number of hydrogen-bond donors (Lipinski definition) is 3. The molecule has 1 aliphatic heterocycles. The van der Waals surface area contributed by atoms with E-state index in [0.29, 0.717) is 12.3 Å². The normalized spacial score (nSPS) is 19.1. The maximum atomic E-state index is 10.8. The highest BCUT2D eigenvalue weighted by Crippen LogP contribution is 2.14. The molecule has 7 heteroatoms. The largest absolute Gasteiger partial charge is 0.490 e. The van der Waals surface area contributed by atoms with Crippen LogP contribution in [0, 0.1) is 0 Å². The highest BCUT2D eigenvalue weighted by atomic mass is 16.6. The maximum Gasteiger partial charge on any atom is 0.407 e. The lowest BCUT2D eigenvalue weighted by Gasteiger charge is -2.11. The Labute approximate surface area is 115 Å². The lowest BCUT2D eigenvalue weighted by atomic mass is 10.1. The maximum absolute atomic E-state index is 10.8. The summed E-state index contributed by atoms with van der Waals surface area (Å²) in [6, 6.07) is 6.07. The zero-order chi connectivity index (χ0) is 14.5. The third-order valence-corrected chi connectivity index (χ3v) is 2.88. The molecule has 0 aliphatic carbocycles. The standard InChI is InChI=1S/C13H16N2O5/c14-11(12(16)17)5-8-1-3-9(4-2-8)19-7-10-6-15-13(18)20-10/h1-4,10-11H,5-7,14H2,(H,15,18)(H,16,17). The second-order valence-electron chi connectivity index (χ2n) is 4.51. The summed E-state index contributed by atoms with van der Waals surface area (Å²) in [5.41, 5.74) is 6.28. The van der Waals surface area contributed by atoms with E-state index in [-0.39, 0.29) is 19.1 Å². The molecule has 2 unspecified atom stereocenters. The molecular weight excluding hydrogens is 264 g/mol. The van der Waals surface area contributed by atoms with Gasteiger partial charge in [-0.2, -0.15) is 0 Å². The summed E-state index contributed by atoms with van der Waals surface area (Å²) >= 11 is 0. The fourth-order valence-electron chi connectivity index (χ4n) is 1.78. The zero-order valence-corrected chi connectivity index (χ0v) is 10.7. The quantitative estimate of drug-likeness (QED) is 0.683. The number of rotatable bonds is 6. The number of amides is 1. The van der Waals surface area contributed by atoms with Gasteiger partial charge in [-0.15, -0.1) is 0 Å². The van der Waals surface area contributed by atoms with Gasteiger partial charge in [0.25, 0.3) is 0 Å². The molecule has 0 aromatic heterocycles. The lowest BCUT2D eigenvalue weighted by Crippen LogP contribution is -2.32. The van der Waals surface area contributed by atoms with E-state index in [2.05, 4.69) is 5.32 Å². The van der Waals surface area contributed by atoms with Crippen molar-refractivity contribution in [3.05, 3.63) is 29.8 Å². The van der Waals surface area contributed by atoms with Crippen LogP contribution in [0.1, 0.15) is 5.56 Å². The first-order chi connectivity index (χ1) is 9.54. The molecule has 108 valence electrons. The number of carbonyl (C=O) groups excluding carboxylic acids is 1. The Morgan fingerprint density at radius 2 is 2.20 bits per heavy atom. The SMILES string of the molecule is NC(Cc1ccc(OCC2CNC(=O)O2)cc1)C(=O)O. The fourth-order valence-corrected chi connectivity index (χ4v) is 1.78. The van der Waals surface area contributed by atoms with Gasteiger partial charge in [0.05, 0.1) is 6.54 Å². The van der Waals surface area contributed by atoms with E-state index < -0.39 is 18.1 Å². The Balaban J connectivity index is 1.82. The van der Waals surface area contributed by atoms with Crippen LogP contribution in [-0.4, -0.2) is 42.5 Å². The highest BCUT2D eigenvalue weighted by Gasteiger charge is 2.22. The number of aliphatic carboxylic acids is 1. The van der Waals surface area contributed by atoms with Crippen LogP contribution in [0.4, 0.5) is 4.79 Å². The molecule has 0 bridgehead atoms. The predicted molar refractivity (Wildman–Crippen MR) is 69.5 cm³/mol. The fraction of sp³-hybridized carbons (Fsp3) is 0.385. The second kappa shape index (κ2) is 6.25. The molecular formula is C13H16N2O5. The van der Waals surface area contributed by atoms with Gasteiger partial charge in [0, 0.05) is 0 Å². The molecule has 1 fully saturated rings. The van der Waals surface area contributed by atoms with Crippen LogP contribution in [0.5, 0.6) is 5.75 Å². The summed E-state index contributed by atoms with van der Waals surface area (Å²) in [7, 11) is 0. The van der Waals surface area contributed by atoms with Gasteiger partial charge in [-0.1, -0.05) is 12.1 Å². The van der Waals surface area contributed by atoms with E-state index in [1.807, 2.05) is 0 Å². The summed E-state index contributed by atoms with van der Waals surface area (Å²) in [5.74, 6) is -0.401. The first-order valence-corrected chi connectivity index (χ1v) is 6.19. The number of carboxylic acids is 1. The van der Waals surface area contributed by atoms with Crippen molar-refractivity contribution >= 4 is 12.1 Å². The van der Waals surface area contributed by atoms with Gasteiger partial charge in [-0.3, -0.25) is 4.79 Å². The van der Waals surface area contributed by atoms with Gasteiger partial charge < -0.3 is 25.6 Å². The molecule has 0 radical (unpaired) electrons. The molecule has 20 heavy (non-hydrogen) atoms. The second-order valence-corrected chi connectivity index (χ2v) is 4.51. The first kappa shape index (κ1) is 14.1. The number of carbonyl (C=O) groups is 2. The summed E-state index contributed by atoms with van der Waals surface area (Å²) in [4.78, 5) is 21.5. The Morgan fingerprint density at radius 1 is 1.50 bits per heavy atom. The molecule has 1 aromatic carbocycles. The Bertz CT molecular complexity index is 488. The Morgan fingerprint density at radius 3 is 2.75 bits per heavy atom. The van der Waals surface area contributed by atoms with Crippen molar-refractivity contribution in [1.82, 2.24) is 5.32 Å². The van der Waals surface area contributed by atoms with Crippen molar-refractivity contribution in [2.24, 2.45) is 5.73 Å². The monoisotopic (exact) mass is 280 g/mol. The van der Waals surface area contributed by atoms with Crippen molar-refractivity contribution in [3.8, 4) is 5.75 Å². The van der Waals surface area contributed by atoms with Crippen molar-refractivity contribution < 1.29 is 24.2 Å². The summed E-state index contributed by atoms with van der Waals surface area (Å²) in [6.07, 6.45) is -0.459. The van der Waals surface area contributed by atoms with Crippen LogP contribution in [0.15, 0.2) is 24.3 Å². The molecule has 7 nitrogen and oxygen atoms in total. The van der Waals surface area contributed by atoms with E-state index in [4.69, 9.17) is 20.3 Å². The van der Waals surface area contributed by atoms with Crippen molar-refractivity contribution in [1.29, 1.82) is 0 Å². The third-order valence-electron chi connectivity index (χ3n) is 2.88. The van der Waals surface area contributed by atoms with Gasteiger partial charge in [-0.25, -0.2) is 4.79 Å². The van der Waals surface area contributed by atoms with Crippen LogP contribution in [-0.2, 0) is 16.0 Å². The van der Waals surface area contributed by atoms with Crippen molar-refractivity contribution in [3.63, 3.8) is 0 Å². The van der Waals surface area contributed by atoms with Crippen LogP contribution >= 0.6 is 0 Å². The van der Waals surface area contributed by atoms with Gasteiger partial charge in [0.15, 0.2) is 6.10 Å². The van der Waals surface area contributed by atoms with Crippen LogP contribution in [0.3, 0.4) is 0 Å². The van der Waals surface area contributed by atoms with Gasteiger partial charge >= 0.3 is 12.1 Å². The molecule has 1 amide bonds. The highest BCUT2D eigenvalue weighted by molar-refractivity contribution is 5.73. The molecule has 1 aromatic rings. The average molecular weight is 280 g/mol. The molecule has 2 atom stereocenters. The molecule has 2 rings (SSSR count). The number of nitrogens with one attached hydrogen (secondary N) is 1. The minimum atomic E-state index is -1.03. The predicted octanol–water partition coefficient (Wildman–Crippen LogP) is 0.128. The Hall–Kier alpha value is -2.28. The number of benzene rings is 1. The Kier molecular flexibility index (Phi) is 4.41. The van der Waals surface area contributed by atoms with Crippen LogP contribution < -0.4 is 15.8 Å². The summed E-state index contributed by atoms with van der Waals surface area (Å²) in [6.45, 7) is 0.705. The lowest BCUT2D eigenvalue weighted by molar-refractivity contribution is -0.138. The first-order valence-electron chi connectivity index (χ1n) is 6.19. The van der Waals surface area contributed by atoms with Crippen molar-refractivity contribution in [2.45, 2.75) is 18.6 Å². The minimum absolute atomic E-state index is 0.264. The smallest absolute Gasteiger partial charge is 0.407 e. The van der Waals surface area contributed by atoms with Gasteiger partial charge in [-0.05, 0) is 24.1 Å². The average Bonchev–Trinajstić information content (AvgIpc) is 2.83. The molecule has 1 aliphatic rings. The summed E-state index contributed by atoms with van der Waals surface area (Å²) in [5, 5.41) is 11.3.